The van der Waals surface area contributed by atoms with Gasteiger partial charge < -0.3 is 14.6 Å². The van der Waals surface area contributed by atoms with Crippen LogP contribution in [0.4, 0.5) is 0 Å². The summed E-state index contributed by atoms with van der Waals surface area (Å²) < 4.78 is 5.14. The number of nitrogens with one attached hydrogen (secondary N) is 1. The van der Waals surface area contributed by atoms with Crippen molar-refractivity contribution in [2.45, 2.75) is 19.4 Å². The van der Waals surface area contributed by atoms with Gasteiger partial charge in [-0.15, -0.1) is 0 Å². The van der Waals surface area contributed by atoms with Gasteiger partial charge >= 0.3 is 0 Å². The van der Waals surface area contributed by atoms with E-state index >= 15 is 0 Å². The Morgan fingerprint density at radius 1 is 1.69 bits per heavy atom. The van der Waals surface area contributed by atoms with E-state index in [4.69, 9.17) is 4.42 Å². The normalized spacial score (nSPS) is 28.4. The molecule has 1 aromatic heterocycles. The molecule has 0 saturated carbocycles. The maximum absolute atomic E-state index is 12.1. The quantitative estimate of drug-likeness (QED) is 0.746. The minimum Gasteiger partial charge on any atom is -0.438 e. The number of amides is 1. The predicted octanol–water partition coefficient (Wildman–Crippen LogP) is 0.417. The number of rotatable bonds is 1. The van der Waals surface area contributed by atoms with Crippen LogP contribution in [0.3, 0.4) is 0 Å². The Labute approximate surface area is 93.8 Å². The standard InChI is InChI=1S/C11H15N3O2/c1-7-10(16-6-13-7)11(15)14-5-8-2-3-12-4-9(8)14/h6,8-9,12H,2-5H2,1H3. The van der Waals surface area contributed by atoms with Gasteiger partial charge in [0, 0.05) is 19.1 Å². The van der Waals surface area contributed by atoms with Crippen LogP contribution >= 0.6 is 0 Å². The van der Waals surface area contributed by atoms with Crippen LogP contribution in [0.2, 0.25) is 0 Å². The number of hydrogen-bond donors (Lipinski definition) is 1. The van der Waals surface area contributed by atoms with Crippen LogP contribution in [-0.4, -0.2) is 41.5 Å². The van der Waals surface area contributed by atoms with E-state index in [9.17, 15) is 4.79 Å². The number of hydrogen-bond acceptors (Lipinski definition) is 4. The van der Waals surface area contributed by atoms with Crippen LogP contribution in [0.1, 0.15) is 22.7 Å². The third-order valence-electron chi connectivity index (χ3n) is 3.62. The SMILES string of the molecule is Cc1ncoc1C(=O)N1CC2CCNCC21. The topological polar surface area (TPSA) is 58.4 Å². The van der Waals surface area contributed by atoms with Crippen molar-refractivity contribution in [2.75, 3.05) is 19.6 Å². The number of oxazole rings is 1. The van der Waals surface area contributed by atoms with Crippen molar-refractivity contribution in [1.82, 2.24) is 15.2 Å². The lowest BCUT2D eigenvalue weighted by atomic mass is 9.83. The molecule has 3 heterocycles. The van der Waals surface area contributed by atoms with Crippen molar-refractivity contribution in [2.24, 2.45) is 5.92 Å². The van der Waals surface area contributed by atoms with Crippen molar-refractivity contribution in [3.8, 4) is 0 Å². The first-order chi connectivity index (χ1) is 7.77. The van der Waals surface area contributed by atoms with E-state index in [-0.39, 0.29) is 5.91 Å². The van der Waals surface area contributed by atoms with E-state index in [2.05, 4.69) is 10.3 Å². The molecule has 0 aromatic carbocycles. The fourth-order valence-corrected chi connectivity index (χ4v) is 2.60. The first-order valence-electron chi connectivity index (χ1n) is 5.69. The minimum absolute atomic E-state index is 0.0139. The molecule has 86 valence electrons. The molecule has 0 spiro atoms. The van der Waals surface area contributed by atoms with Crippen LogP contribution < -0.4 is 5.32 Å². The number of aromatic nitrogens is 1. The van der Waals surface area contributed by atoms with Crippen LogP contribution in [-0.2, 0) is 0 Å². The van der Waals surface area contributed by atoms with Crippen molar-refractivity contribution < 1.29 is 9.21 Å². The number of nitrogens with zero attached hydrogens (tertiary/aromatic N) is 2. The van der Waals surface area contributed by atoms with Crippen LogP contribution in [0.5, 0.6) is 0 Å². The van der Waals surface area contributed by atoms with E-state index < -0.39 is 0 Å². The maximum atomic E-state index is 12.1. The zero-order chi connectivity index (χ0) is 11.1. The highest BCUT2D eigenvalue weighted by Gasteiger charge is 2.44. The fraction of sp³-hybridized carbons (Fsp3) is 0.636. The minimum atomic E-state index is -0.0139. The molecule has 2 aliphatic rings. The van der Waals surface area contributed by atoms with Gasteiger partial charge in [0.15, 0.2) is 6.39 Å². The Balaban J connectivity index is 1.75. The summed E-state index contributed by atoms with van der Waals surface area (Å²) in [5.41, 5.74) is 0.678. The van der Waals surface area contributed by atoms with Crippen molar-refractivity contribution in [1.29, 1.82) is 0 Å². The Kier molecular flexibility index (Phi) is 2.21. The van der Waals surface area contributed by atoms with Gasteiger partial charge in [0.2, 0.25) is 5.76 Å². The number of fused-ring (bicyclic) bond motifs is 1. The Hall–Kier alpha value is -1.36. The summed E-state index contributed by atoms with van der Waals surface area (Å²) in [6.45, 7) is 4.65. The molecule has 0 bridgehead atoms. The van der Waals surface area contributed by atoms with Gasteiger partial charge in [-0.2, -0.15) is 0 Å². The second-order valence-corrected chi connectivity index (χ2v) is 4.54. The second kappa shape index (κ2) is 3.59. The maximum Gasteiger partial charge on any atom is 0.291 e. The predicted molar refractivity (Wildman–Crippen MR) is 57.0 cm³/mol. The highest BCUT2D eigenvalue weighted by Crippen LogP contribution is 2.31. The van der Waals surface area contributed by atoms with Crippen molar-refractivity contribution in [3.63, 3.8) is 0 Å². The lowest BCUT2D eigenvalue weighted by molar-refractivity contribution is 0.000354. The first kappa shape index (κ1) is 9.84. The van der Waals surface area contributed by atoms with Crippen LogP contribution in [0, 0.1) is 12.8 Å². The molecule has 16 heavy (non-hydrogen) atoms. The van der Waals surface area contributed by atoms with Crippen LogP contribution in [0.15, 0.2) is 10.8 Å². The molecule has 1 amide bonds. The molecule has 1 aromatic rings. The third-order valence-corrected chi connectivity index (χ3v) is 3.62. The van der Waals surface area contributed by atoms with E-state index in [0.717, 1.165) is 19.6 Å². The summed E-state index contributed by atoms with van der Waals surface area (Å²) in [5, 5.41) is 3.32. The molecule has 2 atom stereocenters. The van der Waals surface area contributed by atoms with Crippen molar-refractivity contribution >= 4 is 5.91 Å². The molecule has 0 radical (unpaired) electrons. The zero-order valence-electron chi connectivity index (χ0n) is 9.27. The summed E-state index contributed by atoms with van der Waals surface area (Å²) in [6.07, 6.45) is 2.50. The Bertz CT molecular complexity index is 415. The summed E-state index contributed by atoms with van der Waals surface area (Å²) >= 11 is 0. The molecule has 2 unspecified atom stereocenters. The van der Waals surface area contributed by atoms with Gasteiger partial charge in [-0.25, -0.2) is 4.98 Å². The third kappa shape index (κ3) is 1.35. The van der Waals surface area contributed by atoms with Crippen molar-refractivity contribution in [3.05, 3.63) is 17.8 Å². The van der Waals surface area contributed by atoms with Gasteiger partial charge in [0.1, 0.15) is 0 Å². The number of likely N-dealkylation sites (tertiary alicyclic amines) is 1. The Morgan fingerprint density at radius 3 is 3.25 bits per heavy atom. The lowest BCUT2D eigenvalue weighted by Crippen LogP contribution is -2.65. The molecule has 3 rings (SSSR count). The number of aryl methyl sites for hydroxylation is 1. The number of carbonyl (C=O) groups is 1. The van der Waals surface area contributed by atoms with E-state index in [1.165, 1.54) is 12.8 Å². The van der Waals surface area contributed by atoms with Gasteiger partial charge in [-0.3, -0.25) is 4.79 Å². The van der Waals surface area contributed by atoms with Crippen LogP contribution in [0.25, 0.3) is 0 Å². The summed E-state index contributed by atoms with van der Waals surface area (Å²) in [7, 11) is 0. The molecule has 5 heteroatoms. The average molecular weight is 221 g/mol. The first-order valence-corrected chi connectivity index (χ1v) is 5.69. The fourth-order valence-electron chi connectivity index (χ4n) is 2.60. The molecule has 2 aliphatic heterocycles. The average Bonchev–Trinajstić information content (AvgIpc) is 2.66. The van der Waals surface area contributed by atoms with Gasteiger partial charge in [0.05, 0.1) is 5.69 Å². The largest absolute Gasteiger partial charge is 0.438 e. The van der Waals surface area contributed by atoms with E-state index in [1.54, 1.807) is 6.92 Å². The molecular weight excluding hydrogens is 206 g/mol. The molecule has 2 saturated heterocycles. The zero-order valence-corrected chi connectivity index (χ0v) is 9.27. The monoisotopic (exact) mass is 221 g/mol. The second-order valence-electron chi connectivity index (χ2n) is 4.54. The molecule has 0 aliphatic carbocycles. The highest BCUT2D eigenvalue weighted by molar-refractivity contribution is 5.93. The van der Waals surface area contributed by atoms with E-state index in [1.807, 2.05) is 4.90 Å². The van der Waals surface area contributed by atoms with Gasteiger partial charge in [-0.05, 0) is 25.8 Å². The van der Waals surface area contributed by atoms with E-state index in [0.29, 0.717) is 23.4 Å². The summed E-state index contributed by atoms with van der Waals surface area (Å²) in [6, 6.07) is 0.353. The Morgan fingerprint density at radius 2 is 2.56 bits per heavy atom. The smallest absolute Gasteiger partial charge is 0.291 e. The van der Waals surface area contributed by atoms with Gasteiger partial charge in [0.25, 0.3) is 5.91 Å². The lowest BCUT2D eigenvalue weighted by Gasteiger charge is -2.50. The number of carbonyl (C=O) groups excluding carboxylic acids is 1. The summed E-state index contributed by atoms with van der Waals surface area (Å²) in [4.78, 5) is 18.0. The molecular formula is C11H15N3O2. The summed E-state index contributed by atoms with van der Waals surface area (Å²) in [5.74, 6) is 1.05. The molecule has 2 fully saturated rings. The molecule has 5 nitrogen and oxygen atoms in total. The highest BCUT2D eigenvalue weighted by atomic mass is 16.3. The molecule has 1 N–H and O–H groups in total. The van der Waals surface area contributed by atoms with Gasteiger partial charge in [-0.1, -0.05) is 0 Å². The number of piperidine rings is 1.